The highest BCUT2D eigenvalue weighted by molar-refractivity contribution is 6.30. The van der Waals surface area contributed by atoms with Crippen LogP contribution < -0.4 is 20.9 Å². The Morgan fingerprint density at radius 3 is 2.81 bits per heavy atom. The van der Waals surface area contributed by atoms with Crippen molar-refractivity contribution < 1.29 is 4.79 Å². The fraction of sp³-hybridized carbons (Fsp3) is 0.292. The summed E-state index contributed by atoms with van der Waals surface area (Å²) in [7, 11) is 0. The number of hydrogen-bond acceptors (Lipinski definition) is 6. The van der Waals surface area contributed by atoms with Crippen molar-refractivity contribution in [2.45, 2.75) is 32.4 Å². The molecule has 1 saturated heterocycles. The molecule has 166 valence electrons. The molecule has 1 aliphatic rings. The molecule has 0 saturated carbocycles. The largest absolute Gasteiger partial charge is 0.365 e. The van der Waals surface area contributed by atoms with E-state index in [2.05, 4.69) is 62.0 Å². The molecule has 1 aromatic carbocycles. The lowest BCUT2D eigenvalue weighted by atomic mass is 10.1. The lowest BCUT2D eigenvalue weighted by molar-refractivity contribution is 0.102. The maximum absolute atomic E-state index is 12.7. The van der Waals surface area contributed by atoms with E-state index in [1.165, 1.54) is 24.7 Å². The highest BCUT2D eigenvalue weighted by atomic mass is 35.5. The van der Waals surface area contributed by atoms with Crippen molar-refractivity contribution in [1.29, 1.82) is 0 Å². The predicted molar refractivity (Wildman–Crippen MR) is 129 cm³/mol. The highest BCUT2D eigenvalue weighted by Gasteiger charge is 2.15. The van der Waals surface area contributed by atoms with Crippen LogP contribution in [0.5, 0.6) is 0 Å². The second kappa shape index (κ2) is 10.4. The minimum absolute atomic E-state index is 0.284. The fourth-order valence-corrected chi connectivity index (χ4v) is 3.74. The van der Waals surface area contributed by atoms with E-state index in [-0.39, 0.29) is 5.91 Å². The van der Waals surface area contributed by atoms with Crippen molar-refractivity contribution in [2.75, 3.05) is 28.7 Å². The number of anilines is 3. The van der Waals surface area contributed by atoms with Crippen LogP contribution in [-0.4, -0.2) is 35.1 Å². The smallest absolute Gasteiger partial charge is 0.260 e. The van der Waals surface area contributed by atoms with Gasteiger partial charge in [0.1, 0.15) is 11.6 Å². The maximum atomic E-state index is 12.7. The van der Waals surface area contributed by atoms with E-state index < -0.39 is 0 Å². The lowest BCUT2D eigenvalue weighted by Crippen LogP contribution is -2.35. The molecular weight excluding hydrogens is 424 g/mol. The summed E-state index contributed by atoms with van der Waals surface area (Å²) in [5.41, 5.74) is 2.77. The summed E-state index contributed by atoms with van der Waals surface area (Å²) in [5.74, 6) is 0.671. The summed E-state index contributed by atoms with van der Waals surface area (Å²) in [5, 5.41) is 10.1. The first-order valence-corrected chi connectivity index (χ1v) is 11.2. The number of halogens is 1. The fourth-order valence-electron chi connectivity index (χ4n) is 3.63. The van der Waals surface area contributed by atoms with Gasteiger partial charge >= 0.3 is 0 Å². The van der Waals surface area contributed by atoms with Gasteiger partial charge in [0.25, 0.3) is 5.91 Å². The summed E-state index contributed by atoms with van der Waals surface area (Å²) in [6.07, 6.45) is 5.54. The van der Waals surface area contributed by atoms with Gasteiger partial charge in [0.05, 0.1) is 17.3 Å². The number of pyridine rings is 2. The number of nitrogens with one attached hydrogen (secondary N) is 3. The van der Waals surface area contributed by atoms with Gasteiger partial charge in [-0.3, -0.25) is 10.1 Å². The lowest BCUT2D eigenvalue weighted by Gasteiger charge is -2.23. The van der Waals surface area contributed by atoms with Crippen LogP contribution in [0.4, 0.5) is 17.3 Å². The standard InChI is InChI=1S/C24H27ClN6O/c1-17-4-3-13-31(16-29-17)20-9-6-18(7-10-20)14-28-23-21(5-2-12-26-23)24(32)30-22-11-8-19(25)15-27-22/h2,5-12,15,17,29H,3-4,13-14,16H2,1H3,(H,26,28)(H,27,30,32). The summed E-state index contributed by atoms with van der Waals surface area (Å²) < 4.78 is 0. The van der Waals surface area contributed by atoms with E-state index in [1.54, 1.807) is 30.5 Å². The molecule has 3 heterocycles. The van der Waals surface area contributed by atoms with Gasteiger partial charge in [-0.1, -0.05) is 23.7 Å². The van der Waals surface area contributed by atoms with Crippen LogP contribution in [0.15, 0.2) is 60.9 Å². The molecule has 32 heavy (non-hydrogen) atoms. The summed E-state index contributed by atoms with van der Waals surface area (Å²) in [6, 6.07) is 15.9. The van der Waals surface area contributed by atoms with Crippen LogP contribution in [0, 0.1) is 0 Å². The number of amides is 1. The second-order valence-corrected chi connectivity index (χ2v) is 8.34. The minimum Gasteiger partial charge on any atom is -0.365 e. The molecule has 7 nitrogen and oxygen atoms in total. The highest BCUT2D eigenvalue weighted by Crippen LogP contribution is 2.20. The van der Waals surface area contributed by atoms with Crippen LogP contribution in [0.1, 0.15) is 35.7 Å². The van der Waals surface area contributed by atoms with Gasteiger partial charge < -0.3 is 15.5 Å². The molecule has 8 heteroatoms. The third-order valence-electron chi connectivity index (χ3n) is 5.48. The van der Waals surface area contributed by atoms with E-state index in [1.807, 2.05) is 0 Å². The number of nitrogens with zero attached hydrogens (tertiary/aromatic N) is 3. The van der Waals surface area contributed by atoms with Gasteiger partial charge in [-0.25, -0.2) is 9.97 Å². The van der Waals surface area contributed by atoms with Crippen molar-refractivity contribution in [3.8, 4) is 0 Å². The minimum atomic E-state index is -0.284. The van der Waals surface area contributed by atoms with Gasteiger partial charge in [0.15, 0.2) is 0 Å². The van der Waals surface area contributed by atoms with E-state index in [0.29, 0.717) is 34.8 Å². The third kappa shape index (κ3) is 5.75. The zero-order valence-electron chi connectivity index (χ0n) is 18.0. The maximum Gasteiger partial charge on any atom is 0.260 e. The van der Waals surface area contributed by atoms with Crippen LogP contribution in [0.3, 0.4) is 0 Å². The number of carbonyl (C=O) groups is 1. The zero-order chi connectivity index (χ0) is 22.3. The molecule has 0 aliphatic carbocycles. The van der Waals surface area contributed by atoms with Gasteiger partial charge in [-0.2, -0.15) is 0 Å². The molecule has 0 radical (unpaired) electrons. The van der Waals surface area contributed by atoms with Crippen LogP contribution in [-0.2, 0) is 6.54 Å². The number of carbonyl (C=O) groups excluding carboxylic acids is 1. The average Bonchev–Trinajstić information content (AvgIpc) is 3.04. The van der Waals surface area contributed by atoms with Gasteiger partial charge in [0.2, 0.25) is 0 Å². The van der Waals surface area contributed by atoms with E-state index in [0.717, 1.165) is 18.8 Å². The second-order valence-electron chi connectivity index (χ2n) is 7.90. The summed E-state index contributed by atoms with van der Waals surface area (Å²) in [4.78, 5) is 23.6. The molecule has 1 atom stereocenters. The third-order valence-corrected chi connectivity index (χ3v) is 5.70. The quantitative estimate of drug-likeness (QED) is 0.511. The Balaban J connectivity index is 1.38. The Kier molecular flexibility index (Phi) is 7.19. The molecule has 0 spiro atoms. The van der Waals surface area contributed by atoms with Gasteiger partial charge in [0, 0.05) is 37.2 Å². The normalized spacial score (nSPS) is 16.3. The van der Waals surface area contributed by atoms with Crippen LogP contribution in [0.25, 0.3) is 0 Å². The molecule has 1 aliphatic heterocycles. The average molecular weight is 451 g/mol. The van der Waals surface area contributed by atoms with E-state index in [9.17, 15) is 4.79 Å². The Morgan fingerprint density at radius 1 is 1.19 bits per heavy atom. The van der Waals surface area contributed by atoms with Gasteiger partial charge in [-0.15, -0.1) is 0 Å². The van der Waals surface area contributed by atoms with Crippen molar-refractivity contribution in [3.05, 3.63) is 77.1 Å². The molecule has 4 rings (SSSR count). The number of benzene rings is 1. The molecule has 3 N–H and O–H groups in total. The predicted octanol–water partition coefficient (Wildman–Crippen LogP) is 4.53. The van der Waals surface area contributed by atoms with Crippen molar-refractivity contribution >= 4 is 34.8 Å². The van der Waals surface area contributed by atoms with Crippen molar-refractivity contribution in [3.63, 3.8) is 0 Å². The molecular formula is C24H27ClN6O. The first-order valence-electron chi connectivity index (χ1n) is 10.8. The Labute approximate surface area is 193 Å². The summed E-state index contributed by atoms with van der Waals surface area (Å²) in [6.45, 7) is 4.72. The summed E-state index contributed by atoms with van der Waals surface area (Å²) >= 11 is 5.86. The molecule has 2 aromatic heterocycles. The number of aromatic nitrogens is 2. The first kappa shape index (κ1) is 22.0. The van der Waals surface area contributed by atoms with Crippen molar-refractivity contribution in [1.82, 2.24) is 15.3 Å². The van der Waals surface area contributed by atoms with Crippen LogP contribution >= 0.6 is 11.6 Å². The number of hydrogen-bond donors (Lipinski definition) is 3. The molecule has 1 fully saturated rings. The zero-order valence-corrected chi connectivity index (χ0v) is 18.8. The van der Waals surface area contributed by atoms with Crippen LogP contribution in [0.2, 0.25) is 5.02 Å². The Morgan fingerprint density at radius 2 is 2.03 bits per heavy atom. The number of rotatable bonds is 6. The van der Waals surface area contributed by atoms with Gasteiger partial charge in [-0.05, 0) is 61.7 Å². The SMILES string of the molecule is CC1CCCN(c2ccc(CNc3ncccc3C(=O)Nc3ccc(Cl)cn3)cc2)CN1. The van der Waals surface area contributed by atoms with Crippen molar-refractivity contribution in [2.24, 2.45) is 0 Å². The molecule has 1 amide bonds. The van der Waals surface area contributed by atoms with E-state index in [4.69, 9.17) is 11.6 Å². The molecule has 1 unspecified atom stereocenters. The Bertz CT molecular complexity index is 1040. The molecule has 0 bridgehead atoms. The topological polar surface area (TPSA) is 82.2 Å². The van der Waals surface area contributed by atoms with E-state index >= 15 is 0 Å². The molecule has 3 aromatic rings. The Hall–Kier alpha value is -3.16. The first-order chi connectivity index (χ1) is 15.6. The monoisotopic (exact) mass is 450 g/mol.